The minimum absolute atomic E-state index is 0.193. The van der Waals surface area contributed by atoms with Crippen LogP contribution < -0.4 is 16.6 Å². The molecule has 0 radical (unpaired) electrons. The summed E-state index contributed by atoms with van der Waals surface area (Å²) < 4.78 is 2.50. The van der Waals surface area contributed by atoms with E-state index in [-0.39, 0.29) is 18.5 Å². The van der Waals surface area contributed by atoms with Crippen molar-refractivity contribution in [3.63, 3.8) is 0 Å². The fraction of sp³-hybridized carbons (Fsp3) is 0.192. The van der Waals surface area contributed by atoms with Crippen LogP contribution in [0.15, 0.2) is 82.4 Å². The molecular weight excluding hydrogens is 402 g/mol. The number of benzene rings is 3. The van der Waals surface area contributed by atoms with Gasteiger partial charge in [-0.05, 0) is 61.7 Å². The Kier molecular flexibility index (Phi) is 5.77. The van der Waals surface area contributed by atoms with Crippen LogP contribution in [-0.2, 0) is 11.3 Å². The van der Waals surface area contributed by atoms with Crippen LogP contribution in [0.1, 0.15) is 29.7 Å². The Labute approximate surface area is 185 Å². The first-order chi connectivity index (χ1) is 15.4. The van der Waals surface area contributed by atoms with E-state index in [2.05, 4.69) is 5.32 Å². The zero-order valence-electron chi connectivity index (χ0n) is 18.3. The standard InChI is InChI=1S/C26H25N3O3/c1-17-13-14-21(15-18(17)2)29-25(31)22-11-7-8-12-23(22)28(26(29)32)16-24(30)27-19(3)20-9-5-4-6-10-20/h4-15,19H,16H2,1-3H3,(H,27,30)/t19-/m1/s1. The van der Waals surface area contributed by atoms with Gasteiger partial charge < -0.3 is 5.32 Å². The lowest BCUT2D eigenvalue weighted by Crippen LogP contribution is -2.42. The van der Waals surface area contributed by atoms with Crippen LogP contribution in [0.4, 0.5) is 0 Å². The molecule has 0 aliphatic carbocycles. The van der Waals surface area contributed by atoms with Gasteiger partial charge in [0.25, 0.3) is 5.56 Å². The lowest BCUT2D eigenvalue weighted by atomic mass is 10.1. The molecule has 162 valence electrons. The topological polar surface area (TPSA) is 73.1 Å². The minimum atomic E-state index is -0.542. The highest BCUT2D eigenvalue weighted by molar-refractivity contribution is 5.82. The molecule has 0 aliphatic rings. The summed E-state index contributed by atoms with van der Waals surface area (Å²) in [7, 11) is 0. The maximum absolute atomic E-state index is 13.4. The predicted octanol–water partition coefficient (Wildman–Crippen LogP) is 3.65. The third-order valence-corrected chi connectivity index (χ3v) is 5.78. The molecule has 32 heavy (non-hydrogen) atoms. The summed E-state index contributed by atoms with van der Waals surface area (Å²) in [6, 6.07) is 21.7. The molecule has 1 atom stereocenters. The second-order valence-electron chi connectivity index (χ2n) is 7.99. The van der Waals surface area contributed by atoms with Crippen LogP contribution in [0, 0.1) is 13.8 Å². The number of fused-ring (bicyclic) bond motifs is 1. The van der Waals surface area contributed by atoms with E-state index in [1.54, 1.807) is 30.3 Å². The first-order valence-electron chi connectivity index (χ1n) is 10.5. The number of para-hydroxylation sites is 1. The number of carbonyl (C=O) groups is 1. The third kappa shape index (κ3) is 3.99. The molecular formula is C26H25N3O3. The van der Waals surface area contributed by atoms with Crippen molar-refractivity contribution in [3.8, 4) is 5.69 Å². The second-order valence-corrected chi connectivity index (χ2v) is 7.99. The van der Waals surface area contributed by atoms with Crippen molar-refractivity contribution < 1.29 is 4.79 Å². The van der Waals surface area contributed by atoms with Gasteiger partial charge in [0, 0.05) is 0 Å². The van der Waals surface area contributed by atoms with Gasteiger partial charge in [0.2, 0.25) is 5.91 Å². The molecule has 1 aromatic heterocycles. The minimum Gasteiger partial charge on any atom is -0.348 e. The second kappa shape index (κ2) is 8.67. The highest BCUT2D eigenvalue weighted by Gasteiger charge is 2.18. The number of rotatable bonds is 5. The van der Waals surface area contributed by atoms with Crippen LogP contribution in [0.5, 0.6) is 0 Å². The van der Waals surface area contributed by atoms with Crippen molar-refractivity contribution in [1.82, 2.24) is 14.5 Å². The van der Waals surface area contributed by atoms with Crippen molar-refractivity contribution in [3.05, 3.63) is 110 Å². The molecule has 6 heteroatoms. The van der Waals surface area contributed by atoms with Gasteiger partial charge in [0.1, 0.15) is 6.54 Å². The third-order valence-electron chi connectivity index (χ3n) is 5.78. The molecule has 4 aromatic rings. The molecule has 1 N–H and O–H groups in total. The smallest absolute Gasteiger partial charge is 0.336 e. The van der Waals surface area contributed by atoms with Gasteiger partial charge in [-0.2, -0.15) is 0 Å². The SMILES string of the molecule is Cc1ccc(-n2c(=O)c3ccccc3n(CC(=O)N[C@H](C)c3ccccc3)c2=O)cc1C. The number of carbonyl (C=O) groups excluding carboxylic acids is 1. The molecule has 1 amide bonds. The Morgan fingerprint density at radius 3 is 2.31 bits per heavy atom. The highest BCUT2D eigenvalue weighted by atomic mass is 16.2. The zero-order chi connectivity index (χ0) is 22.8. The van der Waals surface area contributed by atoms with Crippen LogP contribution in [-0.4, -0.2) is 15.0 Å². The zero-order valence-corrected chi connectivity index (χ0v) is 18.3. The van der Waals surface area contributed by atoms with Crippen molar-refractivity contribution in [1.29, 1.82) is 0 Å². The van der Waals surface area contributed by atoms with E-state index in [1.165, 1.54) is 4.57 Å². The number of hydrogen-bond acceptors (Lipinski definition) is 3. The van der Waals surface area contributed by atoms with Gasteiger partial charge in [-0.1, -0.05) is 48.5 Å². The normalized spacial score (nSPS) is 12.0. The molecule has 0 saturated heterocycles. The molecule has 0 spiro atoms. The molecule has 0 bridgehead atoms. The molecule has 0 saturated carbocycles. The monoisotopic (exact) mass is 427 g/mol. The van der Waals surface area contributed by atoms with Gasteiger partial charge in [0.05, 0.1) is 22.6 Å². The first-order valence-corrected chi connectivity index (χ1v) is 10.5. The number of hydrogen-bond donors (Lipinski definition) is 1. The Balaban J connectivity index is 1.79. The van der Waals surface area contributed by atoms with E-state index >= 15 is 0 Å². The molecule has 3 aromatic carbocycles. The summed E-state index contributed by atoms with van der Waals surface area (Å²) in [5.41, 5.74) is 2.99. The van der Waals surface area contributed by atoms with Gasteiger partial charge in [-0.3, -0.25) is 14.2 Å². The molecule has 1 heterocycles. The van der Waals surface area contributed by atoms with E-state index in [1.807, 2.05) is 63.2 Å². The Morgan fingerprint density at radius 2 is 1.59 bits per heavy atom. The molecule has 0 unspecified atom stereocenters. The first kappa shape index (κ1) is 21.3. The van der Waals surface area contributed by atoms with Crippen molar-refractivity contribution >= 4 is 16.8 Å². The summed E-state index contributed by atoms with van der Waals surface area (Å²) >= 11 is 0. The largest absolute Gasteiger partial charge is 0.348 e. The maximum Gasteiger partial charge on any atom is 0.336 e. The Hall–Kier alpha value is -3.93. The molecule has 0 aliphatic heterocycles. The number of aryl methyl sites for hydroxylation is 2. The lowest BCUT2D eigenvalue weighted by Gasteiger charge is -2.17. The summed E-state index contributed by atoms with van der Waals surface area (Å²) in [6.45, 7) is 5.60. The van der Waals surface area contributed by atoms with Gasteiger partial charge in [-0.15, -0.1) is 0 Å². The average Bonchev–Trinajstić information content (AvgIpc) is 2.79. The Bertz CT molecular complexity index is 1420. The quantitative estimate of drug-likeness (QED) is 0.528. The number of amides is 1. The summed E-state index contributed by atoms with van der Waals surface area (Å²) in [4.78, 5) is 39.5. The molecule has 0 fully saturated rings. The van der Waals surface area contributed by atoms with Crippen molar-refractivity contribution in [2.45, 2.75) is 33.4 Å². The van der Waals surface area contributed by atoms with Crippen molar-refractivity contribution in [2.75, 3.05) is 0 Å². The van der Waals surface area contributed by atoms with E-state index in [4.69, 9.17) is 0 Å². The fourth-order valence-corrected chi connectivity index (χ4v) is 3.82. The van der Waals surface area contributed by atoms with Crippen LogP contribution >= 0.6 is 0 Å². The highest BCUT2D eigenvalue weighted by Crippen LogP contribution is 2.15. The average molecular weight is 428 g/mol. The number of nitrogens with zero attached hydrogens (tertiary/aromatic N) is 2. The molecule has 4 rings (SSSR count). The van der Waals surface area contributed by atoms with Gasteiger partial charge >= 0.3 is 5.69 Å². The predicted molar refractivity (Wildman–Crippen MR) is 126 cm³/mol. The summed E-state index contributed by atoms with van der Waals surface area (Å²) in [6.07, 6.45) is 0. The van der Waals surface area contributed by atoms with Crippen LogP contribution in [0.25, 0.3) is 16.6 Å². The van der Waals surface area contributed by atoms with Gasteiger partial charge in [0.15, 0.2) is 0 Å². The number of nitrogens with one attached hydrogen (secondary N) is 1. The van der Waals surface area contributed by atoms with E-state index in [0.29, 0.717) is 16.6 Å². The Morgan fingerprint density at radius 1 is 0.906 bits per heavy atom. The van der Waals surface area contributed by atoms with E-state index in [0.717, 1.165) is 21.3 Å². The van der Waals surface area contributed by atoms with Crippen LogP contribution in [0.3, 0.4) is 0 Å². The van der Waals surface area contributed by atoms with Crippen LogP contribution in [0.2, 0.25) is 0 Å². The van der Waals surface area contributed by atoms with E-state index < -0.39 is 11.2 Å². The van der Waals surface area contributed by atoms with Gasteiger partial charge in [-0.25, -0.2) is 9.36 Å². The maximum atomic E-state index is 13.4. The summed E-state index contributed by atoms with van der Waals surface area (Å²) in [5.74, 6) is -0.307. The lowest BCUT2D eigenvalue weighted by molar-refractivity contribution is -0.122. The van der Waals surface area contributed by atoms with E-state index in [9.17, 15) is 14.4 Å². The van der Waals surface area contributed by atoms with Crippen molar-refractivity contribution in [2.24, 2.45) is 0 Å². The molecule has 6 nitrogen and oxygen atoms in total. The number of aromatic nitrogens is 2. The summed E-state index contributed by atoms with van der Waals surface area (Å²) in [5, 5.41) is 3.32. The fourth-order valence-electron chi connectivity index (χ4n) is 3.82.